The highest BCUT2D eigenvalue weighted by atomic mass is 16.1. The van der Waals surface area contributed by atoms with E-state index in [4.69, 9.17) is 0 Å². The number of rotatable bonds is 2. The van der Waals surface area contributed by atoms with Crippen molar-refractivity contribution in [3.63, 3.8) is 0 Å². The number of hydrogen-bond donors (Lipinski definition) is 0. The molecular formula is C11H14N2O. The van der Waals surface area contributed by atoms with Gasteiger partial charge in [0.15, 0.2) is 6.29 Å². The lowest BCUT2D eigenvalue weighted by Gasteiger charge is -2.12. The molecule has 0 aromatic carbocycles. The predicted octanol–water partition coefficient (Wildman–Crippen LogP) is 2.19. The maximum atomic E-state index is 10.6. The molecular weight excluding hydrogens is 176 g/mol. The zero-order chi connectivity index (χ0) is 9.97. The van der Waals surface area contributed by atoms with Gasteiger partial charge in [-0.15, -0.1) is 0 Å². The molecule has 0 spiro atoms. The van der Waals surface area contributed by atoms with Crippen molar-refractivity contribution >= 4 is 6.29 Å². The van der Waals surface area contributed by atoms with Gasteiger partial charge < -0.3 is 0 Å². The minimum Gasteiger partial charge on any atom is -0.296 e. The summed E-state index contributed by atoms with van der Waals surface area (Å²) in [4.78, 5) is 19.1. The minimum absolute atomic E-state index is 0.454. The van der Waals surface area contributed by atoms with Crippen molar-refractivity contribution in [1.82, 2.24) is 9.97 Å². The lowest BCUT2D eigenvalue weighted by Crippen LogP contribution is -2.08. The van der Waals surface area contributed by atoms with E-state index in [1.807, 2.05) is 0 Å². The Bertz CT molecular complexity index is 338. The van der Waals surface area contributed by atoms with E-state index in [0.717, 1.165) is 18.5 Å². The Morgan fingerprint density at radius 2 is 2.36 bits per heavy atom. The first-order valence-electron chi connectivity index (χ1n) is 5.09. The topological polar surface area (TPSA) is 42.9 Å². The maximum Gasteiger partial charge on any atom is 0.168 e. The average molecular weight is 190 g/mol. The second-order valence-corrected chi connectivity index (χ2v) is 3.97. The number of aldehydes is 1. The highest BCUT2D eigenvalue weighted by molar-refractivity contribution is 5.71. The van der Waals surface area contributed by atoms with Gasteiger partial charge in [0.05, 0.1) is 0 Å². The highest BCUT2D eigenvalue weighted by Gasteiger charge is 2.27. The summed E-state index contributed by atoms with van der Waals surface area (Å²) in [7, 11) is 0. The maximum absolute atomic E-state index is 10.6. The molecule has 14 heavy (non-hydrogen) atoms. The molecule has 1 aromatic rings. The molecule has 1 fully saturated rings. The molecule has 0 N–H and O–H groups in total. The molecule has 1 aliphatic carbocycles. The van der Waals surface area contributed by atoms with Gasteiger partial charge in [-0.05, 0) is 24.8 Å². The van der Waals surface area contributed by atoms with Crippen molar-refractivity contribution in [3.05, 3.63) is 23.8 Å². The van der Waals surface area contributed by atoms with Crippen LogP contribution in [-0.4, -0.2) is 16.3 Å². The third-order valence-corrected chi connectivity index (χ3v) is 3.01. The quantitative estimate of drug-likeness (QED) is 0.671. The molecule has 74 valence electrons. The van der Waals surface area contributed by atoms with Gasteiger partial charge in [-0.2, -0.15) is 0 Å². The molecule has 0 saturated heterocycles. The third kappa shape index (κ3) is 1.67. The van der Waals surface area contributed by atoms with Crippen LogP contribution in [0.15, 0.2) is 12.3 Å². The molecule has 0 bridgehead atoms. The van der Waals surface area contributed by atoms with Crippen molar-refractivity contribution in [1.29, 1.82) is 0 Å². The van der Waals surface area contributed by atoms with Crippen molar-refractivity contribution < 1.29 is 4.79 Å². The molecule has 2 rings (SSSR count). The summed E-state index contributed by atoms with van der Waals surface area (Å²) in [6.07, 6.45) is 6.12. The van der Waals surface area contributed by atoms with Crippen LogP contribution in [0.1, 0.15) is 48.4 Å². The minimum atomic E-state index is 0.454. The summed E-state index contributed by atoms with van der Waals surface area (Å²) in [6, 6.07) is 1.65. The van der Waals surface area contributed by atoms with Gasteiger partial charge in [-0.1, -0.05) is 13.3 Å². The molecule has 2 atom stereocenters. The lowest BCUT2D eigenvalue weighted by atomic mass is 9.97. The van der Waals surface area contributed by atoms with E-state index >= 15 is 0 Å². The second-order valence-electron chi connectivity index (χ2n) is 3.97. The van der Waals surface area contributed by atoms with Gasteiger partial charge in [-0.25, -0.2) is 9.97 Å². The summed E-state index contributed by atoms with van der Waals surface area (Å²) in [6.45, 7) is 2.23. The van der Waals surface area contributed by atoms with Crippen LogP contribution in [0, 0.1) is 5.92 Å². The van der Waals surface area contributed by atoms with E-state index in [9.17, 15) is 4.79 Å². The average Bonchev–Trinajstić information content (AvgIpc) is 2.65. The Morgan fingerprint density at radius 1 is 1.50 bits per heavy atom. The van der Waals surface area contributed by atoms with Crippen molar-refractivity contribution in [2.24, 2.45) is 5.92 Å². The Hall–Kier alpha value is -1.25. The van der Waals surface area contributed by atoms with Crippen LogP contribution >= 0.6 is 0 Å². The molecule has 0 amide bonds. The van der Waals surface area contributed by atoms with E-state index < -0.39 is 0 Å². The highest BCUT2D eigenvalue weighted by Crippen LogP contribution is 2.37. The van der Waals surface area contributed by atoms with Gasteiger partial charge in [0.2, 0.25) is 0 Å². The SMILES string of the molecule is CC1CCCC1c1nccc(C=O)n1. The fourth-order valence-corrected chi connectivity index (χ4v) is 2.16. The van der Waals surface area contributed by atoms with Crippen molar-refractivity contribution in [2.45, 2.75) is 32.1 Å². The van der Waals surface area contributed by atoms with E-state index in [-0.39, 0.29) is 0 Å². The van der Waals surface area contributed by atoms with E-state index in [0.29, 0.717) is 17.5 Å². The first-order valence-corrected chi connectivity index (χ1v) is 5.09. The normalized spacial score (nSPS) is 26.4. The van der Waals surface area contributed by atoms with Crippen LogP contribution in [0.5, 0.6) is 0 Å². The molecule has 3 nitrogen and oxygen atoms in total. The fraction of sp³-hybridized carbons (Fsp3) is 0.545. The summed E-state index contributed by atoms with van der Waals surface area (Å²) in [5, 5.41) is 0. The Labute approximate surface area is 83.6 Å². The second kappa shape index (κ2) is 3.86. The smallest absolute Gasteiger partial charge is 0.168 e. The number of carbonyl (C=O) groups excluding carboxylic acids is 1. The van der Waals surface area contributed by atoms with Crippen molar-refractivity contribution in [2.75, 3.05) is 0 Å². The van der Waals surface area contributed by atoms with Gasteiger partial charge in [0.25, 0.3) is 0 Å². The number of carbonyl (C=O) groups is 1. The molecule has 1 heterocycles. The van der Waals surface area contributed by atoms with Crippen LogP contribution in [-0.2, 0) is 0 Å². The van der Waals surface area contributed by atoms with Crippen LogP contribution in [0.4, 0.5) is 0 Å². The van der Waals surface area contributed by atoms with E-state index in [2.05, 4.69) is 16.9 Å². The van der Waals surface area contributed by atoms with Crippen molar-refractivity contribution in [3.8, 4) is 0 Å². The molecule has 1 saturated carbocycles. The Balaban J connectivity index is 2.26. The number of hydrogen-bond acceptors (Lipinski definition) is 3. The van der Waals surface area contributed by atoms with Crippen LogP contribution in [0.25, 0.3) is 0 Å². The third-order valence-electron chi connectivity index (χ3n) is 3.01. The Morgan fingerprint density at radius 3 is 3.00 bits per heavy atom. The molecule has 1 aromatic heterocycles. The lowest BCUT2D eigenvalue weighted by molar-refractivity contribution is 0.111. The first kappa shape index (κ1) is 9.31. The number of aromatic nitrogens is 2. The van der Waals surface area contributed by atoms with E-state index in [1.165, 1.54) is 12.8 Å². The molecule has 0 radical (unpaired) electrons. The van der Waals surface area contributed by atoms with Gasteiger partial charge in [0, 0.05) is 12.1 Å². The van der Waals surface area contributed by atoms with Gasteiger partial charge in [0.1, 0.15) is 11.5 Å². The summed E-state index contributed by atoms with van der Waals surface area (Å²) in [5.41, 5.74) is 0.495. The monoisotopic (exact) mass is 190 g/mol. The standard InChI is InChI=1S/C11H14N2O/c1-8-3-2-4-10(8)11-12-6-5-9(7-14)13-11/h5-8,10H,2-4H2,1H3. The van der Waals surface area contributed by atoms with Crippen LogP contribution in [0.2, 0.25) is 0 Å². The summed E-state index contributed by atoms with van der Waals surface area (Å²) in [5.74, 6) is 1.95. The predicted molar refractivity (Wildman–Crippen MR) is 53.2 cm³/mol. The number of nitrogens with zero attached hydrogens (tertiary/aromatic N) is 2. The molecule has 3 heteroatoms. The first-order chi connectivity index (χ1) is 6.81. The molecule has 1 aliphatic rings. The molecule has 2 unspecified atom stereocenters. The Kier molecular flexibility index (Phi) is 2.57. The van der Waals surface area contributed by atoms with Gasteiger partial charge in [-0.3, -0.25) is 4.79 Å². The van der Waals surface area contributed by atoms with Crippen LogP contribution in [0.3, 0.4) is 0 Å². The zero-order valence-electron chi connectivity index (χ0n) is 8.31. The summed E-state index contributed by atoms with van der Waals surface area (Å²) < 4.78 is 0. The zero-order valence-corrected chi connectivity index (χ0v) is 8.31. The van der Waals surface area contributed by atoms with E-state index in [1.54, 1.807) is 12.3 Å². The summed E-state index contributed by atoms with van der Waals surface area (Å²) >= 11 is 0. The fourth-order valence-electron chi connectivity index (χ4n) is 2.16. The molecule has 0 aliphatic heterocycles. The van der Waals surface area contributed by atoms with Gasteiger partial charge >= 0.3 is 0 Å². The largest absolute Gasteiger partial charge is 0.296 e. The van der Waals surface area contributed by atoms with Crippen LogP contribution < -0.4 is 0 Å².